The van der Waals surface area contributed by atoms with Gasteiger partial charge in [-0.1, -0.05) is 187 Å². The van der Waals surface area contributed by atoms with Gasteiger partial charge in [-0.2, -0.15) is 0 Å². The molecule has 0 N–H and O–H groups in total. The molecule has 0 radical (unpaired) electrons. The molecule has 6 heterocycles. The Labute approximate surface area is 494 Å². The second-order valence-corrected chi connectivity index (χ2v) is 25.7. The second-order valence-electron chi connectivity index (χ2n) is 25.7. The minimum Gasteiger partial charge on any atom is -0.310 e. The van der Waals surface area contributed by atoms with Crippen LogP contribution in [0.5, 0.6) is 0 Å². The summed E-state index contributed by atoms with van der Waals surface area (Å²) < 4.78 is 7.66. The third-order valence-corrected chi connectivity index (χ3v) is 20.1. The van der Waals surface area contributed by atoms with E-state index in [0.717, 1.165) is 17.1 Å². The van der Waals surface area contributed by atoms with Crippen molar-refractivity contribution in [2.75, 3.05) is 4.90 Å². The predicted octanol–water partition coefficient (Wildman–Crippen LogP) is 21.4. The number of aromatic nitrogens is 3. The molecule has 3 aliphatic heterocycles. The first-order chi connectivity index (χ1) is 41.4. The summed E-state index contributed by atoms with van der Waals surface area (Å²) in [6.45, 7) is 14.7. The highest BCUT2D eigenvalue weighted by Crippen LogP contribution is 2.56. The Morgan fingerprint density at radius 3 is 0.800 bits per heavy atom. The fourth-order valence-corrected chi connectivity index (χ4v) is 15.8. The van der Waals surface area contributed by atoms with Crippen LogP contribution in [-0.2, 0) is 16.2 Å². The van der Waals surface area contributed by atoms with Crippen LogP contribution in [-0.4, -0.2) is 13.7 Å². The third kappa shape index (κ3) is 6.52. The average Bonchev–Trinajstić information content (AvgIpc) is 1.84. The van der Waals surface area contributed by atoms with Gasteiger partial charge < -0.3 is 18.6 Å². The number of rotatable bonds is 6. The van der Waals surface area contributed by atoms with Crippen molar-refractivity contribution in [2.24, 2.45) is 0 Å². The van der Waals surface area contributed by atoms with Crippen molar-refractivity contribution in [2.45, 2.75) is 57.8 Å². The number of anilines is 3. The molecule has 0 saturated carbocycles. The maximum absolute atomic E-state index is 2.57. The zero-order valence-electron chi connectivity index (χ0n) is 48.5. The first-order valence-electron chi connectivity index (χ1n) is 30.1. The molecule has 0 atom stereocenters. The molecule has 15 aromatic rings. The monoisotopic (exact) mass is 1090 g/mol. The highest BCUT2D eigenvalue weighted by molar-refractivity contribution is 6.16. The number of fused-ring (bicyclic) bond motifs is 15. The van der Waals surface area contributed by atoms with Crippen LogP contribution >= 0.6 is 0 Å². The van der Waals surface area contributed by atoms with Crippen molar-refractivity contribution in [1.82, 2.24) is 13.7 Å². The van der Waals surface area contributed by atoms with Crippen LogP contribution < -0.4 is 4.90 Å². The standard InChI is InChI=1S/C81H60N4/c1-79(2)64-46-55(34-37-73(64)83-70-31-19-16-28-58(70)61-40-52(43-67(79)76(61)83)49-22-10-7-11-23-49)82(56-35-38-74-65(47-56)80(3,4)68-44-53(50-24-12-8-13-25-50)41-62-59-29-17-20-32-71(59)84(74)77(62)68)57-36-39-75-66(48-57)81(5,6)69-45-54(51-26-14-9-15-27-51)42-63-60-30-18-21-33-72(60)85(75)78(63)69/h7-48H,1-6H3. The van der Waals surface area contributed by atoms with Gasteiger partial charge in [0.2, 0.25) is 0 Å². The van der Waals surface area contributed by atoms with Gasteiger partial charge in [-0.15, -0.1) is 0 Å². The van der Waals surface area contributed by atoms with E-state index >= 15 is 0 Å². The van der Waals surface area contributed by atoms with Crippen LogP contribution in [0.2, 0.25) is 0 Å². The molecule has 18 rings (SSSR count). The van der Waals surface area contributed by atoms with Gasteiger partial charge in [0.15, 0.2) is 0 Å². The minimum absolute atomic E-state index is 0.373. The lowest BCUT2D eigenvalue weighted by atomic mass is 9.73. The molecule has 4 heteroatoms. The summed E-state index contributed by atoms with van der Waals surface area (Å²) in [6, 6.07) is 96.4. The van der Waals surface area contributed by atoms with E-state index in [4.69, 9.17) is 0 Å². The van der Waals surface area contributed by atoms with Crippen molar-refractivity contribution in [3.63, 3.8) is 0 Å². The topological polar surface area (TPSA) is 18.0 Å². The van der Waals surface area contributed by atoms with Crippen molar-refractivity contribution >= 4 is 82.5 Å². The number of benzene rings is 12. The predicted molar refractivity (Wildman–Crippen MR) is 357 cm³/mol. The summed E-state index contributed by atoms with van der Waals surface area (Å²) in [4.78, 5) is 2.57. The maximum Gasteiger partial charge on any atom is 0.0582 e. The molecule has 0 fully saturated rings. The molecule has 0 bridgehead atoms. The van der Waals surface area contributed by atoms with Crippen LogP contribution in [0.1, 0.15) is 74.9 Å². The van der Waals surface area contributed by atoms with Gasteiger partial charge in [-0.3, -0.25) is 0 Å². The largest absolute Gasteiger partial charge is 0.310 e. The third-order valence-electron chi connectivity index (χ3n) is 20.1. The van der Waals surface area contributed by atoms with Crippen LogP contribution in [0.3, 0.4) is 0 Å². The summed E-state index contributed by atoms with van der Waals surface area (Å²) in [5, 5.41) is 7.69. The maximum atomic E-state index is 2.57. The smallest absolute Gasteiger partial charge is 0.0582 e. The molecule has 0 spiro atoms. The molecule has 12 aromatic carbocycles. The molecule has 0 unspecified atom stereocenters. The number of nitrogens with zero attached hydrogens (tertiary/aromatic N) is 4. The van der Waals surface area contributed by atoms with Crippen molar-refractivity contribution < 1.29 is 0 Å². The molecule has 85 heavy (non-hydrogen) atoms. The minimum atomic E-state index is -0.373. The van der Waals surface area contributed by atoms with Gasteiger partial charge in [-0.25, -0.2) is 0 Å². The Bertz CT molecular complexity index is 4840. The summed E-state index contributed by atoms with van der Waals surface area (Å²) in [7, 11) is 0. The lowest BCUT2D eigenvalue weighted by Gasteiger charge is -2.39. The Hall–Kier alpha value is -10.2. The van der Waals surface area contributed by atoms with E-state index in [1.165, 1.54) is 149 Å². The zero-order valence-corrected chi connectivity index (χ0v) is 48.5. The normalized spacial score (nSPS) is 14.8. The molecule has 3 aromatic heterocycles. The molecule has 3 aliphatic rings. The lowest BCUT2D eigenvalue weighted by Crippen LogP contribution is -2.28. The van der Waals surface area contributed by atoms with E-state index in [9.17, 15) is 0 Å². The SMILES string of the molecule is CC1(C)c2cc(N(c3ccc4c(c3)C(C)(C)c3cc(-c5ccccc5)cc5c6ccccc6n-4c35)c3ccc4c(c3)C(C)(C)c3cc(-c5ccccc5)cc5c6ccccc6n-4c35)ccc2-n2c3ccccc3c3cc(-c4ccccc4)cc1c32. The van der Waals surface area contributed by atoms with Crippen LogP contribution in [0, 0.1) is 0 Å². The molecule has 0 amide bonds. The summed E-state index contributed by atoms with van der Waals surface area (Å²) >= 11 is 0. The Morgan fingerprint density at radius 2 is 0.506 bits per heavy atom. The van der Waals surface area contributed by atoms with Crippen LogP contribution in [0.15, 0.2) is 255 Å². The van der Waals surface area contributed by atoms with E-state index in [-0.39, 0.29) is 16.2 Å². The van der Waals surface area contributed by atoms with Gasteiger partial charge in [0.1, 0.15) is 0 Å². The van der Waals surface area contributed by atoms with Crippen LogP contribution in [0.25, 0.3) is 116 Å². The second kappa shape index (κ2) is 17.0. The van der Waals surface area contributed by atoms with Crippen molar-refractivity contribution in [3.8, 4) is 50.4 Å². The van der Waals surface area contributed by atoms with E-state index < -0.39 is 0 Å². The van der Waals surface area contributed by atoms with Gasteiger partial charge in [0.25, 0.3) is 0 Å². The highest BCUT2D eigenvalue weighted by atomic mass is 15.1. The summed E-state index contributed by atoms with van der Waals surface area (Å²) in [5.74, 6) is 0. The van der Waals surface area contributed by atoms with Crippen molar-refractivity contribution in [1.29, 1.82) is 0 Å². The van der Waals surface area contributed by atoms with Gasteiger partial charge >= 0.3 is 0 Å². The Kier molecular flexibility index (Phi) is 9.67. The lowest BCUT2D eigenvalue weighted by molar-refractivity contribution is 0.629. The first-order valence-corrected chi connectivity index (χ1v) is 30.1. The van der Waals surface area contributed by atoms with Crippen LogP contribution in [0.4, 0.5) is 17.1 Å². The quantitative estimate of drug-likeness (QED) is 0.162. The fraction of sp³-hybridized carbons (Fsp3) is 0.111. The van der Waals surface area contributed by atoms with Gasteiger partial charge in [0, 0.05) is 65.6 Å². The van der Waals surface area contributed by atoms with E-state index in [0.29, 0.717) is 0 Å². The van der Waals surface area contributed by atoms with E-state index in [1.54, 1.807) is 0 Å². The first kappa shape index (κ1) is 48.4. The van der Waals surface area contributed by atoms with Gasteiger partial charge in [-0.05, 0) is 176 Å². The van der Waals surface area contributed by atoms with Gasteiger partial charge in [0.05, 0.1) is 50.2 Å². The summed E-state index contributed by atoms with van der Waals surface area (Å²) in [6.07, 6.45) is 0. The highest BCUT2D eigenvalue weighted by Gasteiger charge is 2.41. The Balaban J connectivity index is 0.891. The zero-order chi connectivity index (χ0) is 56.8. The molecule has 0 aliphatic carbocycles. The Morgan fingerprint density at radius 1 is 0.235 bits per heavy atom. The molecular formula is C81H60N4. The summed E-state index contributed by atoms with van der Waals surface area (Å²) in [5.41, 5.74) is 28.7. The van der Waals surface area contributed by atoms with E-state index in [1.807, 2.05) is 0 Å². The number of hydrogen-bond acceptors (Lipinski definition) is 1. The van der Waals surface area contributed by atoms with E-state index in [2.05, 4.69) is 315 Å². The molecule has 404 valence electrons. The fourth-order valence-electron chi connectivity index (χ4n) is 15.8. The molecule has 0 saturated heterocycles. The average molecular weight is 1090 g/mol. The van der Waals surface area contributed by atoms with Crippen molar-refractivity contribution in [3.05, 3.63) is 288 Å². The number of hydrogen-bond donors (Lipinski definition) is 0. The molecule has 4 nitrogen and oxygen atoms in total. The number of para-hydroxylation sites is 3. The molecular weight excluding hydrogens is 1030 g/mol.